The lowest BCUT2D eigenvalue weighted by molar-refractivity contribution is -0.301. The zero-order chi connectivity index (χ0) is 51.0. The summed E-state index contributed by atoms with van der Waals surface area (Å²) in [5.41, 5.74) is 0. The Labute approximate surface area is 423 Å². The summed E-state index contributed by atoms with van der Waals surface area (Å²) in [7, 11) is -5.08. The van der Waals surface area contributed by atoms with Gasteiger partial charge in [-0.1, -0.05) is 173 Å². The van der Waals surface area contributed by atoms with Crippen molar-refractivity contribution in [1.29, 1.82) is 0 Å². The first-order chi connectivity index (χ1) is 34.1. The Bertz CT molecular complexity index is 1720. The highest BCUT2D eigenvalue weighted by Gasteiger charge is 2.48. The van der Waals surface area contributed by atoms with Crippen LogP contribution in [-0.4, -0.2) is 97.5 Å². The van der Waals surface area contributed by atoms with E-state index in [-0.39, 0.29) is 19.6 Å². The highest BCUT2D eigenvalue weighted by molar-refractivity contribution is 7.80. The van der Waals surface area contributed by atoms with Crippen molar-refractivity contribution in [3.05, 3.63) is 134 Å². The summed E-state index contributed by atoms with van der Waals surface area (Å²) >= 11 is 0. The van der Waals surface area contributed by atoms with Gasteiger partial charge in [0.25, 0.3) is 0 Å². The first-order valence-corrected chi connectivity index (χ1v) is 27.3. The van der Waals surface area contributed by atoms with Crippen molar-refractivity contribution >= 4 is 16.4 Å². The number of hydrogen-bond acceptors (Lipinski definition) is 11. The van der Waals surface area contributed by atoms with E-state index in [0.29, 0.717) is 13.0 Å². The number of esters is 1. The lowest BCUT2D eigenvalue weighted by Crippen LogP contribution is -2.60. The van der Waals surface area contributed by atoms with Gasteiger partial charge in [-0.3, -0.25) is 9.35 Å². The smallest absolute Gasteiger partial charge is 0.397 e. The lowest BCUT2D eigenvalue weighted by atomic mass is 9.99. The summed E-state index contributed by atoms with van der Waals surface area (Å²) in [4.78, 5) is 12.9. The third-order valence-electron chi connectivity index (χ3n) is 10.8. The Kier molecular flexibility index (Phi) is 42.5. The standard InChI is InChI=1S/C57H90O12S/c1-3-5-7-9-11-13-15-17-19-21-22-23-24-25-26-27-28-29-31-33-35-37-39-41-43-45-47-65-49-51(50-66-57-55(61)56(69-70(62,63)64)54(60)52(48-58)68-57)67-53(59)46-44-42-40-38-36-34-32-30-20-18-16-14-12-10-8-6-4-2/h5-8,11-14,17-20,22-23,25-26,28-29,32-35,51-52,54-58,60-61H,3-4,9-10,15-16,21,24,27,30-31,36-50H2,1-2H3,(H,62,63,64)/b7-5-,8-6-,13-11-,14-12-,19-17-,20-18-,23-22-,26-25-,29-28-,34-32-,35-33-. The number of aliphatic hydroxyl groups excluding tert-OH is 3. The van der Waals surface area contributed by atoms with Crippen molar-refractivity contribution < 1.29 is 56.2 Å². The fourth-order valence-corrected chi connectivity index (χ4v) is 7.44. The first-order valence-electron chi connectivity index (χ1n) is 25.9. The third kappa shape index (κ3) is 38.9. The highest BCUT2D eigenvalue weighted by Crippen LogP contribution is 2.26. The van der Waals surface area contributed by atoms with Crippen molar-refractivity contribution in [1.82, 2.24) is 0 Å². The molecular weight excluding hydrogens is 909 g/mol. The molecule has 396 valence electrons. The predicted octanol–water partition coefficient (Wildman–Crippen LogP) is 12.3. The molecule has 1 aliphatic rings. The summed E-state index contributed by atoms with van der Waals surface area (Å²) in [6, 6.07) is 0. The molecule has 0 amide bonds. The molecule has 1 saturated heterocycles. The number of ether oxygens (including phenoxy) is 4. The minimum atomic E-state index is -5.08. The van der Waals surface area contributed by atoms with Gasteiger partial charge in [-0.05, 0) is 109 Å². The Hall–Kier alpha value is -3.76. The molecule has 1 fully saturated rings. The van der Waals surface area contributed by atoms with Gasteiger partial charge in [0, 0.05) is 13.0 Å². The molecule has 0 aromatic rings. The van der Waals surface area contributed by atoms with Crippen molar-refractivity contribution in [2.45, 2.75) is 192 Å². The predicted molar refractivity (Wildman–Crippen MR) is 284 cm³/mol. The number of aliphatic hydroxyl groups is 3. The topological polar surface area (TPSA) is 178 Å². The molecule has 0 aromatic heterocycles. The summed E-state index contributed by atoms with van der Waals surface area (Å²) < 4.78 is 59.2. The van der Waals surface area contributed by atoms with Crippen LogP contribution in [-0.2, 0) is 38.3 Å². The minimum Gasteiger partial charge on any atom is -0.457 e. The molecule has 1 heterocycles. The molecule has 13 heteroatoms. The Morgan fingerprint density at radius 1 is 0.543 bits per heavy atom. The molecule has 0 aromatic carbocycles. The minimum absolute atomic E-state index is 0.00222. The van der Waals surface area contributed by atoms with E-state index in [1.807, 2.05) is 0 Å². The van der Waals surface area contributed by atoms with Crippen LogP contribution in [0.1, 0.15) is 155 Å². The number of unbranched alkanes of at least 4 members (excludes halogenated alkanes) is 8. The molecule has 6 atom stereocenters. The van der Waals surface area contributed by atoms with Crippen LogP contribution in [0.5, 0.6) is 0 Å². The van der Waals surface area contributed by atoms with Gasteiger partial charge in [0.15, 0.2) is 6.29 Å². The molecule has 0 bridgehead atoms. The van der Waals surface area contributed by atoms with Gasteiger partial charge in [-0.15, -0.1) is 0 Å². The largest absolute Gasteiger partial charge is 0.457 e. The summed E-state index contributed by atoms with van der Waals surface area (Å²) in [6.45, 7) is 3.64. The van der Waals surface area contributed by atoms with Crippen LogP contribution in [0.15, 0.2) is 134 Å². The monoisotopic (exact) mass is 999 g/mol. The van der Waals surface area contributed by atoms with Gasteiger partial charge < -0.3 is 34.3 Å². The zero-order valence-electron chi connectivity index (χ0n) is 42.5. The third-order valence-corrected chi connectivity index (χ3v) is 11.2. The van der Waals surface area contributed by atoms with Gasteiger partial charge in [-0.25, -0.2) is 4.18 Å². The van der Waals surface area contributed by atoms with Crippen molar-refractivity contribution in [2.24, 2.45) is 0 Å². The summed E-state index contributed by atoms with van der Waals surface area (Å²) in [5.74, 6) is -0.439. The Morgan fingerprint density at radius 2 is 0.943 bits per heavy atom. The van der Waals surface area contributed by atoms with E-state index < -0.39 is 59.8 Å². The summed E-state index contributed by atoms with van der Waals surface area (Å²) in [6.07, 6.45) is 59.1. The van der Waals surface area contributed by atoms with Crippen molar-refractivity contribution in [2.75, 3.05) is 26.4 Å². The number of carbonyl (C=O) groups is 1. The van der Waals surface area contributed by atoms with E-state index in [0.717, 1.165) is 128 Å². The first kappa shape index (κ1) is 64.3. The summed E-state index contributed by atoms with van der Waals surface area (Å²) in [5, 5.41) is 30.8. The SMILES string of the molecule is CC/C=C\C/C=C\C/C=C\C/C=C\C/C=C\C/C=C\C/C=C\CCCCCCOCC(COC1OC(CO)C(O)C(OS(=O)(=O)O)C1O)OC(=O)CCCCCC/C=C\C/C=C\C/C=C\C/C=C\CC. The average molecular weight is 999 g/mol. The van der Waals surface area contributed by atoms with Gasteiger partial charge in [0.05, 0.1) is 19.8 Å². The molecule has 70 heavy (non-hydrogen) atoms. The second-order valence-electron chi connectivity index (χ2n) is 17.0. The van der Waals surface area contributed by atoms with E-state index in [1.165, 1.54) is 0 Å². The quantitative estimate of drug-likeness (QED) is 0.0197. The molecule has 0 aliphatic carbocycles. The van der Waals surface area contributed by atoms with Crippen LogP contribution in [0, 0.1) is 0 Å². The second-order valence-corrected chi connectivity index (χ2v) is 18.0. The fraction of sp³-hybridized carbons (Fsp3) is 0.596. The number of carbonyl (C=O) groups excluding carboxylic acids is 1. The molecule has 1 aliphatic heterocycles. The molecule has 12 nitrogen and oxygen atoms in total. The second kappa shape index (κ2) is 46.3. The van der Waals surface area contributed by atoms with Gasteiger partial charge in [0.1, 0.15) is 30.5 Å². The molecular formula is C57H90O12S. The molecule has 1 rings (SSSR count). The van der Waals surface area contributed by atoms with E-state index in [1.54, 1.807) is 0 Å². The number of hydrogen-bond donors (Lipinski definition) is 4. The molecule has 6 unspecified atom stereocenters. The van der Waals surface area contributed by atoms with E-state index in [4.69, 9.17) is 18.9 Å². The van der Waals surface area contributed by atoms with Crippen molar-refractivity contribution in [3.63, 3.8) is 0 Å². The lowest BCUT2D eigenvalue weighted by Gasteiger charge is -2.41. The average Bonchev–Trinajstić information content (AvgIpc) is 3.34. The number of allylic oxidation sites excluding steroid dienone is 22. The highest BCUT2D eigenvalue weighted by atomic mass is 32.3. The maximum absolute atomic E-state index is 12.9. The van der Waals surface area contributed by atoms with Crippen LogP contribution in [0.2, 0.25) is 0 Å². The van der Waals surface area contributed by atoms with Crippen LogP contribution in [0.3, 0.4) is 0 Å². The van der Waals surface area contributed by atoms with Crippen LogP contribution >= 0.6 is 0 Å². The van der Waals surface area contributed by atoms with Crippen molar-refractivity contribution in [3.8, 4) is 0 Å². The Morgan fingerprint density at radius 3 is 1.36 bits per heavy atom. The van der Waals surface area contributed by atoms with Crippen LogP contribution in [0.4, 0.5) is 0 Å². The number of rotatable bonds is 43. The normalized spacial score (nSPS) is 20.2. The molecule has 4 N–H and O–H groups in total. The van der Waals surface area contributed by atoms with E-state index in [9.17, 15) is 33.1 Å². The van der Waals surface area contributed by atoms with Gasteiger partial charge >= 0.3 is 16.4 Å². The van der Waals surface area contributed by atoms with Gasteiger partial charge in [-0.2, -0.15) is 8.42 Å². The maximum atomic E-state index is 12.9. The molecule has 0 spiro atoms. The Balaban J connectivity index is 2.41. The molecule has 0 radical (unpaired) electrons. The van der Waals surface area contributed by atoms with E-state index in [2.05, 4.69) is 152 Å². The van der Waals surface area contributed by atoms with Gasteiger partial charge in [0.2, 0.25) is 0 Å². The maximum Gasteiger partial charge on any atom is 0.397 e. The van der Waals surface area contributed by atoms with Crippen LogP contribution in [0.25, 0.3) is 0 Å². The fourth-order valence-electron chi connectivity index (χ4n) is 6.94. The van der Waals surface area contributed by atoms with Crippen LogP contribution < -0.4 is 0 Å². The zero-order valence-corrected chi connectivity index (χ0v) is 43.3. The molecule has 0 saturated carbocycles. The van der Waals surface area contributed by atoms with E-state index >= 15 is 0 Å².